The van der Waals surface area contributed by atoms with Gasteiger partial charge in [-0.2, -0.15) is 0 Å². The molecule has 0 amide bonds. The summed E-state index contributed by atoms with van der Waals surface area (Å²) >= 11 is 0. The molecule has 0 saturated carbocycles. The Balaban J connectivity index is 2.21. The highest BCUT2D eigenvalue weighted by Crippen LogP contribution is 2.24. The zero-order valence-corrected chi connectivity index (χ0v) is 13.7. The molecule has 0 aliphatic carbocycles. The van der Waals surface area contributed by atoms with Crippen LogP contribution in [-0.2, 0) is 6.42 Å². The maximum atomic E-state index is 5.61. The summed E-state index contributed by atoms with van der Waals surface area (Å²) in [5.41, 5.74) is 3.75. The molecule has 1 aliphatic rings. The highest BCUT2D eigenvalue weighted by atomic mass is 15.3. The maximum Gasteiger partial charge on any atom is 0.148 e. The standard InChI is InChI=1S/C15H28N6/c1-5-6-13-17-14(19-16)12(4)15(18-13)21-9-7-20(8-10-21)11(2)3/h11H,5-10,16H2,1-4H3,(H,17,18,19). The highest BCUT2D eigenvalue weighted by Gasteiger charge is 2.22. The summed E-state index contributed by atoms with van der Waals surface area (Å²) in [6.45, 7) is 12.8. The van der Waals surface area contributed by atoms with E-state index in [2.05, 4.69) is 41.0 Å². The molecule has 0 atom stereocenters. The first-order chi connectivity index (χ1) is 10.1. The Bertz CT molecular complexity index is 465. The minimum atomic E-state index is 0.607. The lowest BCUT2D eigenvalue weighted by atomic mass is 10.2. The van der Waals surface area contributed by atoms with Gasteiger partial charge in [0.15, 0.2) is 0 Å². The summed E-state index contributed by atoms with van der Waals surface area (Å²) in [6, 6.07) is 0.607. The number of nitrogens with two attached hydrogens (primary N) is 1. The Labute approximate surface area is 127 Å². The van der Waals surface area contributed by atoms with E-state index < -0.39 is 0 Å². The lowest BCUT2D eigenvalue weighted by Crippen LogP contribution is -2.49. The van der Waals surface area contributed by atoms with Gasteiger partial charge in [0.25, 0.3) is 0 Å². The normalized spacial score (nSPS) is 16.6. The van der Waals surface area contributed by atoms with Gasteiger partial charge < -0.3 is 10.3 Å². The van der Waals surface area contributed by atoms with Crippen LogP contribution in [0.5, 0.6) is 0 Å². The molecule has 6 heteroatoms. The molecule has 0 radical (unpaired) electrons. The van der Waals surface area contributed by atoms with Crippen molar-refractivity contribution in [1.29, 1.82) is 0 Å². The van der Waals surface area contributed by atoms with Crippen molar-refractivity contribution in [2.24, 2.45) is 5.84 Å². The first-order valence-electron chi connectivity index (χ1n) is 7.90. The lowest BCUT2D eigenvalue weighted by Gasteiger charge is -2.38. The first kappa shape index (κ1) is 16.0. The second-order valence-corrected chi connectivity index (χ2v) is 5.95. The molecule has 6 nitrogen and oxygen atoms in total. The molecule has 1 fully saturated rings. The number of nitrogens with zero attached hydrogens (tertiary/aromatic N) is 4. The smallest absolute Gasteiger partial charge is 0.148 e. The predicted molar refractivity (Wildman–Crippen MR) is 87.5 cm³/mol. The van der Waals surface area contributed by atoms with Crippen LogP contribution in [0.2, 0.25) is 0 Å². The second kappa shape index (κ2) is 7.04. The molecule has 1 saturated heterocycles. The van der Waals surface area contributed by atoms with Gasteiger partial charge >= 0.3 is 0 Å². The van der Waals surface area contributed by atoms with Crippen molar-refractivity contribution in [1.82, 2.24) is 14.9 Å². The summed E-state index contributed by atoms with van der Waals surface area (Å²) in [5.74, 6) is 8.26. The number of rotatable bonds is 5. The largest absolute Gasteiger partial charge is 0.354 e. The fourth-order valence-electron chi connectivity index (χ4n) is 2.78. The fraction of sp³-hybridized carbons (Fsp3) is 0.733. The Morgan fingerprint density at radius 2 is 1.86 bits per heavy atom. The van der Waals surface area contributed by atoms with E-state index >= 15 is 0 Å². The van der Waals surface area contributed by atoms with Gasteiger partial charge in [0.1, 0.15) is 17.5 Å². The van der Waals surface area contributed by atoms with Crippen molar-refractivity contribution < 1.29 is 0 Å². The second-order valence-electron chi connectivity index (χ2n) is 5.95. The number of hydrogen-bond acceptors (Lipinski definition) is 6. The molecular formula is C15H28N6. The summed E-state index contributed by atoms with van der Waals surface area (Å²) in [4.78, 5) is 14.1. The molecule has 0 aromatic carbocycles. The summed E-state index contributed by atoms with van der Waals surface area (Å²) in [7, 11) is 0. The van der Waals surface area contributed by atoms with Crippen LogP contribution >= 0.6 is 0 Å². The molecular weight excluding hydrogens is 264 g/mol. The van der Waals surface area contributed by atoms with Gasteiger partial charge in [-0.25, -0.2) is 15.8 Å². The third kappa shape index (κ3) is 3.63. The van der Waals surface area contributed by atoms with Crippen molar-refractivity contribution in [2.45, 2.75) is 46.6 Å². The van der Waals surface area contributed by atoms with Crippen LogP contribution in [0, 0.1) is 6.92 Å². The van der Waals surface area contributed by atoms with Crippen molar-refractivity contribution in [3.05, 3.63) is 11.4 Å². The number of piperazine rings is 1. The van der Waals surface area contributed by atoms with Crippen LogP contribution < -0.4 is 16.2 Å². The van der Waals surface area contributed by atoms with Gasteiger partial charge in [-0.1, -0.05) is 6.92 Å². The highest BCUT2D eigenvalue weighted by molar-refractivity contribution is 5.58. The van der Waals surface area contributed by atoms with E-state index in [0.29, 0.717) is 6.04 Å². The summed E-state index contributed by atoms with van der Waals surface area (Å²) in [6.07, 6.45) is 1.92. The topological polar surface area (TPSA) is 70.3 Å². The average Bonchev–Trinajstić information content (AvgIpc) is 2.49. The zero-order valence-electron chi connectivity index (χ0n) is 13.7. The number of hydrazine groups is 1. The molecule has 21 heavy (non-hydrogen) atoms. The van der Waals surface area contributed by atoms with Crippen LogP contribution in [0.25, 0.3) is 0 Å². The number of nitrogens with one attached hydrogen (secondary N) is 1. The maximum absolute atomic E-state index is 5.61. The molecule has 1 aliphatic heterocycles. The predicted octanol–water partition coefficient (Wildman–Crippen LogP) is 1.55. The Kier molecular flexibility index (Phi) is 5.36. The number of aromatic nitrogens is 2. The molecule has 0 bridgehead atoms. The van der Waals surface area contributed by atoms with Gasteiger partial charge in [0.2, 0.25) is 0 Å². The van der Waals surface area contributed by atoms with E-state index in [-0.39, 0.29) is 0 Å². The number of anilines is 2. The van der Waals surface area contributed by atoms with E-state index in [1.807, 2.05) is 6.92 Å². The average molecular weight is 292 g/mol. The molecule has 118 valence electrons. The Morgan fingerprint density at radius 1 is 1.19 bits per heavy atom. The van der Waals surface area contributed by atoms with Gasteiger partial charge in [0.05, 0.1) is 0 Å². The zero-order chi connectivity index (χ0) is 15.4. The van der Waals surface area contributed by atoms with Crippen molar-refractivity contribution in [3.63, 3.8) is 0 Å². The molecule has 2 heterocycles. The molecule has 1 aromatic rings. The molecule has 0 spiro atoms. The first-order valence-corrected chi connectivity index (χ1v) is 7.90. The third-order valence-electron chi connectivity index (χ3n) is 4.12. The van der Waals surface area contributed by atoms with Crippen LogP contribution in [0.4, 0.5) is 11.6 Å². The van der Waals surface area contributed by atoms with E-state index in [1.54, 1.807) is 0 Å². The van der Waals surface area contributed by atoms with Gasteiger partial charge in [-0.05, 0) is 27.2 Å². The number of hydrogen-bond donors (Lipinski definition) is 2. The number of aryl methyl sites for hydroxylation is 1. The quantitative estimate of drug-likeness (QED) is 0.634. The van der Waals surface area contributed by atoms with Crippen LogP contribution in [-0.4, -0.2) is 47.1 Å². The van der Waals surface area contributed by atoms with Crippen molar-refractivity contribution in [2.75, 3.05) is 36.5 Å². The summed E-state index contributed by atoms with van der Waals surface area (Å²) < 4.78 is 0. The molecule has 0 unspecified atom stereocenters. The van der Waals surface area contributed by atoms with Crippen LogP contribution in [0.1, 0.15) is 38.6 Å². The third-order valence-corrected chi connectivity index (χ3v) is 4.12. The van der Waals surface area contributed by atoms with Gasteiger partial charge in [0, 0.05) is 44.2 Å². The van der Waals surface area contributed by atoms with Gasteiger partial charge in [-0.15, -0.1) is 0 Å². The molecule has 1 aromatic heterocycles. The SMILES string of the molecule is CCCc1nc(NN)c(C)c(N2CCN(C(C)C)CC2)n1. The van der Waals surface area contributed by atoms with E-state index in [9.17, 15) is 0 Å². The van der Waals surface area contributed by atoms with Crippen LogP contribution in [0.3, 0.4) is 0 Å². The van der Waals surface area contributed by atoms with E-state index in [1.165, 1.54) is 0 Å². The minimum Gasteiger partial charge on any atom is -0.354 e. The fourth-order valence-corrected chi connectivity index (χ4v) is 2.78. The van der Waals surface area contributed by atoms with Crippen LogP contribution in [0.15, 0.2) is 0 Å². The Morgan fingerprint density at radius 3 is 2.38 bits per heavy atom. The molecule has 2 rings (SSSR count). The lowest BCUT2D eigenvalue weighted by molar-refractivity contribution is 0.209. The minimum absolute atomic E-state index is 0.607. The monoisotopic (exact) mass is 292 g/mol. The van der Waals surface area contributed by atoms with E-state index in [4.69, 9.17) is 10.8 Å². The van der Waals surface area contributed by atoms with Gasteiger partial charge in [-0.3, -0.25) is 4.90 Å². The van der Waals surface area contributed by atoms with Crippen molar-refractivity contribution in [3.8, 4) is 0 Å². The van der Waals surface area contributed by atoms with Crippen molar-refractivity contribution >= 4 is 11.6 Å². The molecule has 3 N–H and O–H groups in total. The number of nitrogen functional groups attached to an aromatic ring is 1. The summed E-state index contributed by atoms with van der Waals surface area (Å²) in [5, 5.41) is 0. The Hall–Kier alpha value is -1.40. The van der Waals surface area contributed by atoms with E-state index in [0.717, 1.165) is 62.0 Å².